The zero-order valence-electron chi connectivity index (χ0n) is 17.1. The van der Waals surface area contributed by atoms with Crippen molar-refractivity contribution in [2.24, 2.45) is 0 Å². The number of carbonyl (C=O) groups excluding carboxylic acids is 1. The number of hydrogen-bond acceptors (Lipinski definition) is 6. The SMILES string of the molecule is COc1ccc(S(=O)(=O)N2CCCCCC2)cc1C(=O)NCc1nnc2n1CCC2. The van der Waals surface area contributed by atoms with Crippen LogP contribution in [-0.2, 0) is 29.5 Å². The Morgan fingerprint density at radius 1 is 1.10 bits per heavy atom. The minimum atomic E-state index is -3.66. The van der Waals surface area contributed by atoms with E-state index < -0.39 is 15.9 Å². The predicted molar refractivity (Wildman–Crippen MR) is 110 cm³/mol. The third-order valence-electron chi connectivity index (χ3n) is 5.71. The molecule has 2 aromatic rings. The van der Waals surface area contributed by atoms with E-state index in [0.29, 0.717) is 24.7 Å². The van der Waals surface area contributed by atoms with E-state index in [4.69, 9.17) is 4.74 Å². The molecule has 0 aliphatic carbocycles. The Bertz CT molecular complexity index is 1030. The van der Waals surface area contributed by atoms with Crippen LogP contribution >= 0.6 is 0 Å². The Hall–Kier alpha value is -2.46. The normalized spacial score (nSPS) is 17.4. The zero-order chi connectivity index (χ0) is 21.1. The molecule has 0 bridgehead atoms. The number of nitrogens with one attached hydrogen (secondary N) is 1. The number of nitrogens with zero attached hydrogens (tertiary/aromatic N) is 4. The topological polar surface area (TPSA) is 106 Å². The molecule has 162 valence electrons. The lowest BCUT2D eigenvalue weighted by Gasteiger charge is -2.20. The van der Waals surface area contributed by atoms with Crippen molar-refractivity contribution in [2.75, 3.05) is 20.2 Å². The van der Waals surface area contributed by atoms with Crippen molar-refractivity contribution >= 4 is 15.9 Å². The number of benzene rings is 1. The molecule has 4 rings (SSSR count). The van der Waals surface area contributed by atoms with E-state index in [1.807, 2.05) is 4.57 Å². The Labute approximate surface area is 176 Å². The Morgan fingerprint density at radius 3 is 2.60 bits per heavy atom. The highest BCUT2D eigenvalue weighted by Crippen LogP contribution is 2.26. The summed E-state index contributed by atoms with van der Waals surface area (Å²) in [5.41, 5.74) is 0.189. The average Bonchev–Trinajstić information content (AvgIpc) is 3.26. The van der Waals surface area contributed by atoms with Gasteiger partial charge in [-0.2, -0.15) is 4.31 Å². The Kier molecular flexibility index (Phi) is 6.05. The number of amides is 1. The van der Waals surface area contributed by atoms with Gasteiger partial charge in [0.15, 0.2) is 5.82 Å². The smallest absolute Gasteiger partial charge is 0.255 e. The number of rotatable bonds is 6. The number of ether oxygens (including phenoxy) is 1. The Balaban J connectivity index is 1.55. The first-order valence-corrected chi connectivity index (χ1v) is 11.8. The summed E-state index contributed by atoms with van der Waals surface area (Å²) in [7, 11) is -2.20. The third-order valence-corrected chi connectivity index (χ3v) is 7.61. The van der Waals surface area contributed by atoms with Crippen LogP contribution in [0.4, 0.5) is 0 Å². The van der Waals surface area contributed by atoms with Crippen molar-refractivity contribution in [3.8, 4) is 5.75 Å². The van der Waals surface area contributed by atoms with E-state index in [1.54, 1.807) is 0 Å². The lowest BCUT2D eigenvalue weighted by Crippen LogP contribution is -2.32. The Morgan fingerprint density at radius 2 is 1.87 bits per heavy atom. The first-order chi connectivity index (χ1) is 14.5. The molecule has 2 aliphatic heterocycles. The third kappa shape index (κ3) is 4.06. The average molecular weight is 434 g/mol. The van der Waals surface area contributed by atoms with E-state index >= 15 is 0 Å². The molecule has 10 heteroatoms. The number of aryl methyl sites for hydroxylation is 1. The first kappa shape index (κ1) is 20.8. The van der Waals surface area contributed by atoms with Crippen molar-refractivity contribution in [3.05, 3.63) is 35.4 Å². The van der Waals surface area contributed by atoms with E-state index in [0.717, 1.165) is 50.9 Å². The van der Waals surface area contributed by atoms with Crippen LogP contribution in [0.2, 0.25) is 0 Å². The van der Waals surface area contributed by atoms with Crippen LogP contribution in [0.3, 0.4) is 0 Å². The van der Waals surface area contributed by atoms with Crippen LogP contribution in [0.5, 0.6) is 5.75 Å². The fourth-order valence-electron chi connectivity index (χ4n) is 4.05. The molecular formula is C20H27N5O4S. The highest BCUT2D eigenvalue weighted by molar-refractivity contribution is 7.89. The molecule has 1 saturated heterocycles. The minimum Gasteiger partial charge on any atom is -0.496 e. The number of carbonyl (C=O) groups is 1. The van der Waals surface area contributed by atoms with Gasteiger partial charge >= 0.3 is 0 Å². The standard InChI is InChI=1S/C20H27N5O4S/c1-29-17-9-8-15(30(27,28)24-10-4-2-3-5-11-24)13-16(17)20(26)21-14-19-23-22-18-7-6-12-25(18)19/h8-9,13H,2-7,10-12,14H2,1H3,(H,21,26). The van der Waals surface area contributed by atoms with Gasteiger partial charge in [-0.25, -0.2) is 8.42 Å². The molecule has 1 aromatic carbocycles. The number of methoxy groups -OCH3 is 1. The fourth-order valence-corrected chi connectivity index (χ4v) is 5.60. The van der Waals surface area contributed by atoms with Crippen molar-refractivity contribution < 1.29 is 17.9 Å². The molecule has 1 fully saturated rings. The molecule has 1 aromatic heterocycles. The predicted octanol–water partition coefficient (Wildman–Crippen LogP) is 1.73. The summed E-state index contributed by atoms with van der Waals surface area (Å²) in [5, 5.41) is 11.1. The fraction of sp³-hybridized carbons (Fsp3) is 0.550. The molecular weight excluding hydrogens is 406 g/mol. The van der Waals surface area contributed by atoms with Gasteiger partial charge in [-0.3, -0.25) is 4.79 Å². The van der Waals surface area contributed by atoms with Crippen LogP contribution in [0.1, 0.15) is 54.1 Å². The molecule has 0 spiro atoms. The molecule has 0 saturated carbocycles. The number of aromatic nitrogens is 3. The maximum absolute atomic E-state index is 13.1. The van der Waals surface area contributed by atoms with Crippen LogP contribution in [0, 0.1) is 0 Å². The van der Waals surface area contributed by atoms with Crippen LogP contribution < -0.4 is 10.1 Å². The van der Waals surface area contributed by atoms with Gasteiger partial charge in [0.1, 0.15) is 11.6 Å². The monoisotopic (exact) mass is 433 g/mol. The lowest BCUT2D eigenvalue weighted by atomic mass is 10.2. The largest absolute Gasteiger partial charge is 0.496 e. The summed E-state index contributed by atoms with van der Waals surface area (Å²) in [6.45, 7) is 2.08. The second-order valence-electron chi connectivity index (χ2n) is 7.65. The van der Waals surface area contributed by atoms with Crippen LogP contribution in [0.15, 0.2) is 23.1 Å². The number of sulfonamides is 1. The molecule has 9 nitrogen and oxygen atoms in total. The molecule has 1 amide bonds. The number of hydrogen-bond donors (Lipinski definition) is 1. The van der Waals surface area contributed by atoms with Crippen molar-refractivity contribution in [3.63, 3.8) is 0 Å². The van der Waals surface area contributed by atoms with E-state index in [1.165, 1.54) is 29.6 Å². The molecule has 1 N–H and O–H groups in total. The summed E-state index contributed by atoms with van der Waals surface area (Å²) >= 11 is 0. The maximum atomic E-state index is 13.1. The van der Waals surface area contributed by atoms with Gasteiger partial charge in [0.2, 0.25) is 10.0 Å². The zero-order valence-corrected chi connectivity index (χ0v) is 17.9. The minimum absolute atomic E-state index is 0.110. The second kappa shape index (κ2) is 8.73. The summed E-state index contributed by atoms with van der Waals surface area (Å²) in [6.07, 6.45) is 5.70. The van der Waals surface area contributed by atoms with Gasteiger partial charge < -0.3 is 14.6 Å². The van der Waals surface area contributed by atoms with Gasteiger partial charge in [-0.15, -0.1) is 10.2 Å². The van der Waals surface area contributed by atoms with Crippen molar-refractivity contribution in [1.82, 2.24) is 24.4 Å². The van der Waals surface area contributed by atoms with Gasteiger partial charge in [-0.05, 0) is 37.5 Å². The van der Waals surface area contributed by atoms with E-state index in [9.17, 15) is 13.2 Å². The molecule has 0 atom stereocenters. The summed E-state index contributed by atoms with van der Waals surface area (Å²) in [4.78, 5) is 13.0. The van der Waals surface area contributed by atoms with E-state index in [-0.39, 0.29) is 17.0 Å². The van der Waals surface area contributed by atoms with Gasteiger partial charge in [0.25, 0.3) is 5.91 Å². The lowest BCUT2D eigenvalue weighted by molar-refractivity contribution is 0.0946. The highest BCUT2D eigenvalue weighted by atomic mass is 32.2. The number of fused-ring (bicyclic) bond motifs is 1. The molecule has 0 unspecified atom stereocenters. The van der Waals surface area contributed by atoms with Gasteiger partial charge in [0.05, 0.1) is 24.1 Å². The summed E-state index contributed by atoms with van der Waals surface area (Å²) < 4.78 is 35.1. The quantitative estimate of drug-likeness (QED) is 0.744. The molecule has 3 heterocycles. The molecule has 30 heavy (non-hydrogen) atoms. The molecule has 0 radical (unpaired) electrons. The van der Waals surface area contributed by atoms with Crippen molar-refractivity contribution in [2.45, 2.75) is 56.5 Å². The maximum Gasteiger partial charge on any atom is 0.255 e. The van der Waals surface area contributed by atoms with Crippen LogP contribution in [-0.4, -0.2) is 53.6 Å². The molecule has 2 aliphatic rings. The van der Waals surface area contributed by atoms with E-state index in [2.05, 4.69) is 15.5 Å². The van der Waals surface area contributed by atoms with Crippen molar-refractivity contribution in [1.29, 1.82) is 0 Å². The van der Waals surface area contributed by atoms with Gasteiger partial charge in [-0.1, -0.05) is 12.8 Å². The first-order valence-electron chi connectivity index (χ1n) is 10.4. The van der Waals surface area contributed by atoms with Crippen LogP contribution in [0.25, 0.3) is 0 Å². The van der Waals surface area contributed by atoms with Gasteiger partial charge in [0, 0.05) is 26.1 Å². The highest BCUT2D eigenvalue weighted by Gasteiger charge is 2.27. The second-order valence-corrected chi connectivity index (χ2v) is 9.59. The summed E-state index contributed by atoms with van der Waals surface area (Å²) in [5.74, 6) is 1.55. The summed E-state index contributed by atoms with van der Waals surface area (Å²) in [6, 6.07) is 4.44.